The van der Waals surface area contributed by atoms with Crippen LogP contribution in [0.3, 0.4) is 0 Å². The second kappa shape index (κ2) is 15.0. The average molecular weight is 819 g/mol. The zero-order chi connectivity index (χ0) is 42.8. The van der Waals surface area contributed by atoms with Gasteiger partial charge in [0.1, 0.15) is 0 Å². The highest BCUT2D eigenvalue weighted by molar-refractivity contribution is 5.98. The lowest BCUT2D eigenvalue weighted by atomic mass is 9.48. The van der Waals surface area contributed by atoms with Gasteiger partial charge in [-0.25, -0.2) is 9.97 Å². The van der Waals surface area contributed by atoms with E-state index in [2.05, 4.69) is 238 Å². The van der Waals surface area contributed by atoms with E-state index in [0.717, 1.165) is 28.1 Å². The fourth-order valence-corrected chi connectivity index (χ4v) is 11.4. The Balaban J connectivity index is 1.16. The van der Waals surface area contributed by atoms with Crippen LogP contribution >= 0.6 is 0 Å². The summed E-state index contributed by atoms with van der Waals surface area (Å²) in [5.74, 6) is 1.17. The highest BCUT2D eigenvalue weighted by Crippen LogP contribution is 2.66. The number of hydrogen-bond donors (Lipinski definition) is 0. The number of fused-ring (bicyclic) bond motifs is 9. The van der Waals surface area contributed by atoms with Gasteiger partial charge in [0.2, 0.25) is 0 Å². The van der Waals surface area contributed by atoms with Gasteiger partial charge in [0.25, 0.3) is 0 Å². The third kappa shape index (κ3) is 5.86. The van der Waals surface area contributed by atoms with Gasteiger partial charge in [-0.1, -0.05) is 226 Å². The third-order valence-electron chi connectivity index (χ3n) is 14.3. The van der Waals surface area contributed by atoms with E-state index in [-0.39, 0.29) is 17.3 Å². The maximum atomic E-state index is 5.47. The summed E-state index contributed by atoms with van der Waals surface area (Å²) in [5, 5.41) is 0. The van der Waals surface area contributed by atoms with Gasteiger partial charge >= 0.3 is 0 Å². The van der Waals surface area contributed by atoms with Gasteiger partial charge in [-0.2, -0.15) is 0 Å². The van der Waals surface area contributed by atoms with Gasteiger partial charge < -0.3 is 0 Å². The molecule has 2 nitrogen and oxygen atoms in total. The molecule has 0 bridgehead atoms. The molecule has 3 unspecified atom stereocenters. The fraction of sp³-hybridized carbons (Fsp3) is 0.0968. The number of allylic oxidation sites excluding steroid dienone is 4. The van der Waals surface area contributed by atoms with E-state index in [9.17, 15) is 0 Å². The van der Waals surface area contributed by atoms with Crippen molar-refractivity contribution in [1.29, 1.82) is 0 Å². The molecule has 1 spiro atoms. The monoisotopic (exact) mass is 818 g/mol. The predicted octanol–water partition coefficient (Wildman–Crippen LogP) is 15.4. The first-order valence-corrected chi connectivity index (χ1v) is 22.5. The van der Waals surface area contributed by atoms with Crippen LogP contribution < -0.4 is 0 Å². The van der Waals surface area contributed by atoms with Crippen LogP contribution in [0.5, 0.6) is 0 Å². The van der Waals surface area contributed by atoms with Crippen molar-refractivity contribution in [3.05, 3.63) is 253 Å². The largest absolute Gasteiger partial charge is 0.228 e. The Kier molecular flexibility index (Phi) is 8.91. The zero-order valence-electron chi connectivity index (χ0n) is 36.0. The topological polar surface area (TPSA) is 25.8 Å². The minimum Gasteiger partial charge on any atom is -0.228 e. The minimum absolute atomic E-state index is 0.0822. The molecule has 3 aliphatic rings. The Labute approximate surface area is 376 Å². The van der Waals surface area contributed by atoms with E-state index < -0.39 is 5.41 Å². The Hall–Kier alpha value is -7.68. The van der Waals surface area contributed by atoms with Gasteiger partial charge in [-0.3, -0.25) is 0 Å². The molecule has 304 valence electrons. The maximum absolute atomic E-state index is 5.47. The predicted molar refractivity (Wildman–Crippen MR) is 265 cm³/mol. The molecule has 0 saturated heterocycles. The number of rotatable bonds is 6. The summed E-state index contributed by atoms with van der Waals surface area (Å²) in [5.41, 5.74) is 19.6. The average Bonchev–Trinajstić information content (AvgIpc) is 3.67. The van der Waals surface area contributed by atoms with E-state index in [4.69, 9.17) is 9.97 Å². The van der Waals surface area contributed by atoms with Crippen molar-refractivity contribution in [3.63, 3.8) is 0 Å². The van der Waals surface area contributed by atoms with Crippen molar-refractivity contribution >= 4 is 0 Å². The van der Waals surface area contributed by atoms with Crippen LogP contribution in [0.4, 0.5) is 0 Å². The third-order valence-corrected chi connectivity index (χ3v) is 14.3. The lowest BCUT2D eigenvalue weighted by molar-refractivity contribution is 0.219. The standard InChI is InChI=1S/C62H46N2/c1-61(2)52-29-15-17-31-54(52)62(55-32-18-16-30-53(55)61)51-37-35-46(47-36-34-45(41-20-7-3-8-21-41)38-49(47)42-22-9-4-10-23-42)39-50(51)59-48(28-19-33-56(59)62)58-40-57(43-24-11-5-12-25-43)63-60(64-58)44-26-13-6-14-27-44/h3-40,52,54H,1-2H3. The van der Waals surface area contributed by atoms with Crippen molar-refractivity contribution in [2.24, 2.45) is 11.8 Å². The Morgan fingerprint density at radius 2 is 0.906 bits per heavy atom. The van der Waals surface area contributed by atoms with Crippen LogP contribution in [0, 0.1) is 11.8 Å². The van der Waals surface area contributed by atoms with Crippen LogP contribution in [0.1, 0.15) is 36.1 Å². The molecule has 0 saturated carbocycles. The summed E-state index contributed by atoms with van der Waals surface area (Å²) in [6, 6.07) is 75.3. The van der Waals surface area contributed by atoms with E-state index >= 15 is 0 Å². The number of nitrogens with zero attached hydrogens (tertiary/aromatic N) is 2. The molecule has 12 rings (SSSR count). The van der Waals surface area contributed by atoms with Crippen LogP contribution in [-0.4, -0.2) is 9.97 Å². The van der Waals surface area contributed by atoms with Crippen molar-refractivity contribution in [2.45, 2.75) is 24.7 Å². The summed E-state index contributed by atoms with van der Waals surface area (Å²) in [6.45, 7) is 4.88. The van der Waals surface area contributed by atoms with Crippen molar-refractivity contribution in [1.82, 2.24) is 9.97 Å². The Morgan fingerprint density at radius 3 is 1.62 bits per heavy atom. The molecular weight excluding hydrogens is 773 g/mol. The molecule has 0 fully saturated rings. The molecular formula is C62H46N2. The van der Waals surface area contributed by atoms with E-state index in [1.165, 1.54) is 66.8 Å². The summed E-state index contributed by atoms with van der Waals surface area (Å²) in [7, 11) is 0. The molecule has 8 aromatic carbocycles. The molecule has 9 aromatic rings. The van der Waals surface area contributed by atoms with Gasteiger partial charge in [0.15, 0.2) is 5.82 Å². The molecule has 0 aliphatic heterocycles. The molecule has 3 aliphatic carbocycles. The molecule has 3 atom stereocenters. The summed E-state index contributed by atoms with van der Waals surface area (Å²) < 4.78 is 0. The fourth-order valence-electron chi connectivity index (χ4n) is 11.4. The second-order valence-corrected chi connectivity index (χ2v) is 18.1. The molecule has 1 heterocycles. The molecule has 2 heteroatoms. The van der Waals surface area contributed by atoms with Crippen molar-refractivity contribution in [3.8, 4) is 78.4 Å². The quantitative estimate of drug-likeness (QED) is 0.167. The van der Waals surface area contributed by atoms with Crippen LogP contribution in [0.2, 0.25) is 0 Å². The highest BCUT2D eigenvalue weighted by Gasteiger charge is 2.59. The first kappa shape index (κ1) is 38.0. The summed E-state index contributed by atoms with van der Waals surface area (Å²) in [4.78, 5) is 10.7. The van der Waals surface area contributed by atoms with Crippen LogP contribution in [0.15, 0.2) is 231 Å². The first-order chi connectivity index (χ1) is 31.5. The molecule has 1 aromatic heterocycles. The lowest BCUT2D eigenvalue weighted by Gasteiger charge is -2.54. The van der Waals surface area contributed by atoms with Gasteiger partial charge in [-0.15, -0.1) is 0 Å². The van der Waals surface area contributed by atoms with Gasteiger partial charge in [-0.05, 0) is 96.3 Å². The first-order valence-electron chi connectivity index (χ1n) is 22.5. The molecule has 0 N–H and O–H groups in total. The smallest absolute Gasteiger partial charge is 0.160 e. The van der Waals surface area contributed by atoms with Crippen molar-refractivity contribution in [2.75, 3.05) is 0 Å². The molecule has 64 heavy (non-hydrogen) atoms. The van der Waals surface area contributed by atoms with E-state index in [0.29, 0.717) is 5.82 Å². The normalized spacial score (nSPS) is 18.5. The van der Waals surface area contributed by atoms with Crippen LogP contribution in [-0.2, 0) is 10.8 Å². The molecule has 0 amide bonds. The number of benzene rings is 8. The maximum Gasteiger partial charge on any atom is 0.160 e. The second-order valence-electron chi connectivity index (χ2n) is 18.1. The Bertz CT molecular complexity index is 3230. The molecule has 0 radical (unpaired) electrons. The van der Waals surface area contributed by atoms with Crippen LogP contribution in [0.25, 0.3) is 78.4 Å². The van der Waals surface area contributed by atoms with E-state index in [1.807, 2.05) is 6.07 Å². The highest BCUT2D eigenvalue weighted by atomic mass is 14.9. The van der Waals surface area contributed by atoms with Gasteiger partial charge in [0.05, 0.1) is 16.8 Å². The van der Waals surface area contributed by atoms with Gasteiger partial charge in [0, 0.05) is 22.6 Å². The van der Waals surface area contributed by atoms with E-state index in [1.54, 1.807) is 0 Å². The van der Waals surface area contributed by atoms with Crippen molar-refractivity contribution < 1.29 is 0 Å². The number of hydrogen-bond acceptors (Lipinski definition) is 2. The number of aromatic nitrogens is 2. The summed E-state index contributed by atoms with van der Waals surface area (Å²) >= 11 is 0. The zero-order valence-corrected chi connectivity index (χ0v) is 36.0. The lowest BCUT2D eigenvalue weighted by Crippen LogP contribution is -2.51. The SMILES string of the molecule is CC1(C)c2ccccc2C2(c3ccc(-c4ccc(-c5ccccc5)cc4-c4ccccc4)cc3-c3c(-c4cc(-c5ccccc5)nc(-c5ccccc5)n4)cccc32)C2C=CC=CC21. The minimum atomic E-state index is -0.450. The summed E-state index contributed by atoms with van der Waals surface area (Å²) in [6.07, 6.45) is 9.53. The Morgan fingerprint density at radius 1 is 0.344 bits per heavy atom.